The third-order valence-electron chi connectivity index (χ3n) is 5.46. The maximum atomic E-state index is 12.7. The molecule has 0 saturated carbocycles. The summed E-state index contributed by atoms with van der Waals surface area (Å²) in [5.41, 5.74) is 8.09. The van der Waals surface area contributed by atoms with Gasteiger partial charge in [-0.1, -0.05) is 19.6 Å². The molecule has 1 saturated heterocycles. The van der Waals surface area contributed by atoms with Crippen LogP contribution in [0.2, 0.25) is 0 Å². The average Bonchev–Trinajstić information content (AvgIpc) is 2.85. The number of hydrogen-bond acceptors (Lipinski definition) is 6. The van der Waals surface area contributed by atoms with Crippen LogP contribution < -0.4 is 11.1 Å². The molecule has 1 heterocycles. The number of morpholine rings is 1. The highest BCUT2D eigenvalue weighted by Gasteiger charge is 2.18. The van der Waals surface area contributed by atoms with Crippen LogP contribution in [0.5, 0.6) is 0 Å². The van der Waals surface area contributed by atoms with Crippen molar-refractivity contribution in [3.63, 3.8) is 0 Å². The number of ether oxygens (including phenoxy) is 2. The maximum absolute atomic E-state index is 12.7. The lowest BCUT2D eigenvalue weighted by Gasteiger charge is -2.32. The van der Waals surface area contributed by atoms with Crippen LogP contribution >= 0.6 is 0 Å². The smallest absolute Gasteiger partial charge is 0.253 e. The Labute approximate surface area is 198 Å². The summed E-state index contributed by atoms with van der Waals surface area (Å²) < 4.78 is 11.3. The Hall–Kier alpha value is -2.52. The van der Waals surface area contributed by atoms with E-state index >= 15 is 0 Å². The molecule has 1 fully saturated rings. The van der Waals surface area contributed by atoms with Crippen LogP contribution in [-0.2, 0) is 9.47 Å². The SMILES string of the molecule is C=C(CC)C(=N/C=C\C)Nc1ccc(C(=O)N(C)CCOCCN2CCOC(CN)C2)cc1. The number of nitrogens with zero attached hydrogens (tertiary/aromatic N) is 3. The van der Waals surface area contributed by atoms with Gasteiger partial charge in [0.15, 0.2) is 0 Å². The highest BCUT2D eigenvalue weighted by molar-refractivity contribution is 6.08. The van der Waals surface area contributed by atoms with Gasteiger partial charge in [-0.05, 0) is 43.2 Å². The lowest BCUT2D eigenvalue weighted by molar-refractivity contribution is -0.0317. The van der Waals surface area contributed by atoms with Gasteiger partial charge in [-0.25, -0.2) is 4.99 Å². The van der Waals surface area contributed by atoms with E-state index in [2.05, 4.69) is 21.8 Å². The molecule has 1 aliphatic rings. The summed E-state index contributed by atoms with van der Waals surface area (Å²) in [6.07, 6.45) is 4.51. The van der Waals surface area contributed by atoms with Crippen LogP contribution in [0.3, 0.4) is 0 Å². The largest absolute Gasteiger partial charge is 0.378 e. The molecular formula is C25H39N5O3. The molecular weight excluding hydrogens is 418 g/mol. The average molecular weight is 458 g/mol. The first-order valence-corrected chi connectivity index (χ1v) is 11.6. The second kappa shape index (κ2) is 14.6. The number of aliphatic imine (C=N–C) groups is 1. The molecule has 33 heavy (non-hydrogen) atoms. The fourth-order valence-corrected chi connectivity index (χ4v) is 3.31. The van der Waals surface area contributed by atoms with Crippen molar-refractivity contribution in [3.8, 4) is 0 Å². The highest BCUT2D eigenvalue weighted by Crippen LogP contribution is 2.14. The summed E-state index contributed by atoms with van der Waals surface area (Å²) in [6, 6.07) is 7.39. The zero-order valence-corrected chi connectivity index (χ0v) is 20.3. The predicted molar refractivity (Wildman–Crippen MR) is 135 cm³/mol. The molecule has 1 aliphatic heterocycles. The van der Waals surface area contributed by atoms with Crippen molar-refractivity contribution in [1.82, 2.24) is 9.80 Å². The number of carbonyl (C=O) groups is 1. The van der Waals surface area contributed by atoms with E-state index in [0.717, 1.165) is 43.2 Å². The molecule has 0 radical (unpaired) electrons. The molecule has 1 atom stereocenters. The van der Waals surface area contributed by atoms with Gasteiger partial charge in [-0.2, -0.15) is 0 Å². The highest BCUT2D eigenvalue weighted by atomic mass is 16.5. The molecule has 182 valence electrons. The van der Waals surface area contributed by atoms with E-state index in [9.17, 15) is 4.79 Å². The minimum Gasteiger partial charge on any atom is -0.378 e. The van der Waals surface area contributed by atoms with Gasteiger partial charge in [0.25, 0.3) is 5.91 Å². The number of nitrogens with two attached hydrogens (primary N) is 1. The number of carbonyl (C=O) groups excluding carboxylic acids is 1. The third-order valence-corrected chi connectivity index (χ3v) is 5.46. The first-order chi connectivity index (χ1) is 16.0. The topological polar surface area (TPSA) is 92.4 Å². The molecule has 8 nitrogen and oxygen atoms in total. The monoisotopic (exact) mass is 457 g/mol. The van der Waals surface area contributed by atoms with Gasteiger partial charge >= 0.3 is 0 Å². The molecule has 3 N–H and O–H groups in total. The fourth-order valence-electron chi connectivity index (χ4n) is 3.31. The third kappa shape index (κ3) is 9.09. The Kier molecular flexibility index (Phi) is 11.8. The van der Waals surface area contributed by atoms with Crippen molar-refractivity contribution in [2.75, 3.05) is 64.9 Å². The fraction of sp³-hybridized carbons (Fsp3) is 0.520. The van der Waals surface area contributed by atoms with Gasteiger partial charge < -0.3 is 25.4 Å². The lowest BCUT2D eigenvalue weighted by atomic mass is 10.1. The molecule has 0 bridgehead atoms. The second-order valence-electron chi connectivity index (χ2n) is 7.99. The summed E-state index contributed by atoms with van der Waals surface area (Å²) in [5.74, 6) is 0.685. The number of hydrogen-bond donors (Lipinski definition) is 2. The number of nitrogens with one attached hydrogen (secondary N) is 1. The first-order valence-electron chi connectivity index (χ1n) is 11.6. The summed E-state index contributed by atoms with van der Waals surface area (Å²) in [7, 11) is 1.79. The molecule has 1 aromatic carbocycles. The Morgan fingerprint density at radius 3 is 2.82 bits per heavy atom. The summed E-state index contributed by atoms with van der Waals surface area (Å²) >= 11 is 0. The van der Waals surface area contributed by atoms with Crippen molar-refractivity contribution in [2.24, 2.45) is 10.7 Å². The Bertz CT molecular complexity index is 807. The number of amides is 1. The molecule has 0 spiro atoms. The van der Waals surface area contributed by atoms with Crippen LogP contribution in [0.15, 0.2) is 53.7 Å². The normalized spacial score (nSPS) is 17.3. The van der Waals surface area contributed by atoms with Gasteiger partial charge in [-0.3, -0.25) is 9.69 Å². The number of amidine groups is 1. The predicted octanol–water partition coefficient (Wildman–Crippen LogP) is 2.74. The van der Waals surface area contributed by atoms with Crippen molar-refractivity contribution < 1.29 is 14.3 Å². The van der Waals surface area contributed by atoms with Crippen molar-refractivity contribution in [3.05, 3.63) is 54.3 Å². The zero-order chi connectivity index (χ0) is 24.1. The van der Waals surface area contributed by atoms with E-state index in [0.29, 0.717) is 38.5 Å². The Morgan fingerprint density at radius 2 is 2.15 bits per heavy atom. The summed E-state index contributed by atoms with van der Waals surface area (Å²) in [6.45, 7) is 13.5. The van der Waals surface area contributed by atoms with Gasteiger partial charge in [0, 0.05) is 57.2 Å². The molecule has 0 aromatic heterocycles. The zero-order valence-electron chi connectivity index (χ0n) is 20.3. The van der Waals surface area contributed by atoms with Crippen LogP contribution in [0.25, 0.3) is 0 Å². The summed E-state index contributed by atoms with van der Waals surface area (Å²) in [4.78, 5) is 21.1. The van der Waals surface area contributed by atoms with Crippen LogP contribution in [0.4, 0.5) is 5.69 Å². The van der Waals surface area contributed by atoms with Gasteiger partial charge in [-0.15, -0.1) is 0 Å². The standard InChI is InChI=1S/C25H39N5O3/c1-5-11-27-24(20(3)6-2)28-22-9-7-21(8-10-22)25(31)29(4)12-15-32-16-13-30-14-17-33-23(18-26)19-30/h5,7-11,23H,3,6,12-19,26H2,1-2,4H3,(H,27,28)/b11-5-. The number of allylic oxidation sites excluding steroid dienone is 1. The number of anilines is 1. The van der Waals surface area contributed by atoms with Gasteiger partial charge in [0.05, 0.1) is 25.9 Å². The van der Waals surface area contributed by atoms with Crippen LogP contribution in [0.1, 0.15) is 30.6 Å². The molecule has 1 unspecified atom stereocenters. The van der Waals surface area contributed by atoms with Gasteiger partial charge in [0.2, 0.25) is 0 Å². The second-order valence-corrected chi connectivity index (χ2v) is 7.99. The van der Waals surface area contributed by atoms with E-state index in [1.807, 2.05) is 44.2 Å². The van der Waals surface area contributed by atoms with E-state index in [1.165, 1.54) is 0 Å². The van der Waals surface area contributed by atoms with E-state index in [-0.39, 0.29) is 12.0 Å². The van der Waals surface area contributed by atoms with E-state index in [1.54, 1.807) is 18.1 Å². The molecule has 0 aliphatic carbocycles. The minimum atomic E-state index is -0.0371. The Balaban J connectivity index is 1.76. The van der Waals surface area contributed by atoms with E-state index in [4.69, 9.17) is 15.2 Å². The lowest BCUT2D eigenvalue weighted by Crippen LogP contribution is -2.46. The van der Waals surface area contributed by atoms with Crippen LogP contribution in [-0.4, -0.2) is 87.2 Å². The summed E-state index contributed by atoms with van der Waals surface area (Å²) in [5, 5.41) is 3.28. The molecule has 2 rings (SSSR count). The maximum Gasteiger partial charge on any atom is 0.253 e. The number of likely N-dealkylation sites (N-methyl/N-ethyl adjacent to an activating group) is 1. The molecule has 1 aromatic rings. The Morgan fingerprint density at radius 1 is 1.39 bits per heavy atom. The van der Waals surface area contributed by atoms with E-state index < -0.39 is 0 Å². The quantitative estimate of drug-likeness (QED) is 0.285. The molecule has 1 amide bonds. The van der Waals surface area contributed by atoms with Crippen LogP contribution in [0, 0.1) is 0 Å². The van der Waals surface area contributed by atoms with Crippen molar-refractivity contribution in [2.45, 2.75) is 26.4 Å². The minimum absolute atomic E-state index is 0.0371. The first kappa shape index (κ1) is 26.7. The van der Waals surface area contributed by atoms with Crippen molar-refractivity contribution in [1.29, 1.82) is 0 Å². The van der Waals surface area contributed by atoms with Gasteiger partial charge in [0.1, 0.15) is 5.84 Å². The number of benzene rings is 1. The van der Waals surface area contributed by atoms with Crippen molar-refractivity contribution >= 4 is 17.4 Å². The number of rotatable bonds is 12. The molecule has 8 heteroatoms.